The summed E-state index contributed by atoms with van der Waals surface area (Å²) >= 11 is 0. The zero-order chi connectivity index (χ0) is 27.4. The summed E-state index contributed by atoms with van der Waals surface area (Å²) in [6.07, 6.45) is 9.09. The van der Waals surface area contributed by atoms with E-state index in [1.54, 1.807) is 0 Å². The Kier molecular flexibility index (Phi) is 7.31. The first-order valence-electron chi connectivity index (χ1n) is 15.6. The van der Waals surface area contributed by atoms with Crippen LogP contribution in [0.5, 0.6) is 0 Å². The Bertz CT molecular complexity index is 1120. The van der Waals surface area contributed by atoms with Crippen molar-refractivity contribution in [3.63, 3.8) is 0 Å². The molecule has 2 aromatic rings. The van der Waals surface area contributed by atoms with Gasteiger partial charge >= 0.3 is 0 Å². The fourth-order valence-corrected chi connectivity index (χ4v) is 10.2. The molecule has 3 N–H and O–H groups in total. The van der Waals surface area contributed by atoms with Gasteiger partial charge in [-0.1, -0.05) is 87.5 Å². The van der Waals surface area contributed by atoms with Crippen LogP contribution < -0.4 is 0 Å². The van der Waals surface area contributed by atoms with Gasteiger partial charge in [-0.3, -0.25) is 0 Å². The van der Waals surface area contributed by atoms with Gasteiger partial charge in [0.2, 0.25) is 0 Å². The number of benzene rings is 2. The Hall–Kier alpha value is -1.94. The predicted molar refractivity (Wildman–Crippen MR) is 158 cm³/mol. The zero-order valence-electron chi connectivity index (χ0n) is 24.0. The van der Waals surface area contributed by atoms with E-state index in [9.17, 15) is 15.3 Å². The van der Waals surface area contributed by atoms with Crippen LogP contribution in [0.4, 0.5) is 0 Å². The number of hydrogen-bond donors (Lipinski definition) is 3. The number of fused-ring (bicyclic) bond motifs is 5. The molecule has 39 heavy (non-hydrogen) atoms. The summed E-state index contributed by atoms with van der Waals surface area (Å²) in [6, 6.07) is 21.4. The Morgan fingerprint density at radius 1 is 0.846 bits per heavy atom. The number of hydrogen-bond acceptors (Lipinski definition) is 3. The Balaban J connectivity index is 1.26. The molecule has 4 fully saturated rings. The van der Waals surface area contributed by atoms with E-state index in [0.717, 1.165) is 51.4 Å². The molecule has 0 amide bonds. The molecule has 210 valence electrons. The van der Waals surface area contributed by atoms with E-state index in [1.165, 1.54) is 16.7 Å². The Labute approximate surface area is 235 Å². The molecule has 0 heterocycles. The van der Waals surface area contributed by atoms with Gasteiger partial charge in [0.1, 0.15) is 0 Å². The highest BCUT2D eigenvalue weighted by Gasteiger charge is 2.65. The van der Waals surface area contributed by atoms with E-state index in [4.69, 9.17) is 0 Å². The zero-order valence-corrected chi connectivity index (χ0v) is 24.0. The molecule has 4 aliphatic carbocycles. The monoisotopic (exact) mass is 528 g/mol. The molecule has 0 radical (unpaired) electrons. The van der Waals surface area contributed by atoms with Gasteiger partial charge < -0.3 is 15.3 Å². The smallest absolute Gasteiger partial charge is 0.0602 e. The lowest BCUT2D eigenvalue weighted by molar-refractivity contribution is -0.206. The van der Waals surface area contributed by atoms with Gasteiger partial charge in [-0.15, -0.1) is 0 Å². The first kappa shape index (κ1) is 27.2. The summed E-state index contributed by atoms with van der Waals surface area (Å²) in [5.74, 6) is 2.24. The van der Waals surface area contributed by atoms with Crippen LogP contribution in [0.3, 0.4) is 0 Å². The van der Waals surface area contributed by atoms with Crippen LogP contribution in [0.1, 0.15) is 83.3 Å². The molecule has 11 atom stereocenters. The second-order valence-electron chi connectivity index (χ2n) is 14.1. The average Bonchev–Trinajstić information content (AvgIpc) is 3.30. The summed E-state index contributed by atoms with van der Waals surface area (Å²) in [7, 11) is 0. The lowest BCUT2D eigenvalue weighted by Crippen LogP contribution is -2.62. The number of aliphatic hydroxyl groups excluding tert-OH is 3. The minimum absolute atomic E-state index is 0.123. The second kappa shape index (κ2) is 10.5. The molecule has 0 spiro atoms. The van der Waals surface area contributed by atoms with Crippen molar-refractivity contribution in [2.24, 2.45) is 46.3 Å². The van der Waals surface area contributed by atoms with Crippen molar-refractivity contribution in [2.75, 3.05) is 0 Å². The van der Waals surface area contributed by atoms with Gasteiger partial charge in [-0.05, 0) is 114 Å². The fourth-order valence-electron chi connectivity index (χ4n) is 10.2. The normalized spacial score (nSPS) is 42.1. The summed E-state index contributed by atoms with van der Waals surface area (Å²) in [6.45, 7) is 7.16. The van der Waals surface area contributed by atoms with Crippen molar-refractivity contribution in [3.05, 3.63) is 77.9 Å². The molecule has 0 aliphatic heterocycles. The van der Waals surface area contributed by atoms with Crippen LogP contribution in [0.25, 0.3) is 5.57 Å². The molecule has 2 aromatic carbocycles. The van der Waals surface area contributed by atoms with Crippen LogP contribution in [0.15, 0.2) is 66.7 Å². The topological polar surface area (TPSA) is 60.7 Å². The molecule has 0 bridgehead atoms. The highest BCUT2D eigenvalue weighted by Crippen LogP contribution is 2.68. The summed E-state index contributed by atoms with van der Waals surface area (Å²) in [5.41, 5.74) is 3.74. The van der Waals surface area contributed by atoms with Crippen molar-refractivity contribution in [3.8, 4) is 0 Å². The van der Waals surface area contributed by atoms with Gasteiger partial charge in [0.05, 0.1) is 18.3 Å². The molecule has 4 saturated carbocycles. The number of rotatable bonds is 5. The minimum atomic E-state index is -0.333. The van der Waals surface area contributed by atoms with Crippen LogP contribution in [-0.4, -0.2) is 33.6 Å². The maximum absolute atomic E-state index is 11.9. The largest absolute Gasteiger partial charge is 0.393 e. The first-order chi connectivity index (χ1) is 18.7. The van der Waals surface area contributed by atoms with Crippen LogP contribution in [-0.2, 0) is 0 Å². The molecule has 3 heteroatoms. The third-order valence-corrected chi connectivity index (χ3v) is 12.4. The lowest BCUT2D eigenvalue weighted by atomic mass is 9.43. The maximum atomic E-state index is 11.9. The van der Waals surface area contributed by atoms with Gasteiger partial charge in [0.25, 0.3) is 0 Å². The first-order valence-corrected chi connectivity index (χ1v) is 15.6. The van der Waals surface area contributed by atoms with E-state index < -0.39 is 0 Å². The quantitative estimate of drug-likeness (QED) is 0.388. The molecule has 6 rings (SSSR count). The Morgan fingerprint density at radius 3 is 2.13 bits per heavy atom. The van der Waals surface area contributed by atoms with Crippen LogP contribution >= 0.6 is 0 Å². The Morgan fingerprint density at radius 2 is 1.49 bits per heavy atom. The van der Waals surface area contributed by atoms with Gasteiger partial charge in [-0.25, -0.2) is 0 Å². The molecule has 0 unspecified atom stereocenters. The number of allylic oxidation sites excluding steroid dienone is 1. The van der Waals surface area contributed by atoms with Crippen molar-refractivity contribution < 1.29 is 15.3 Å². The standard InChI is InChI=1S/C36H48O3/c1-23(14-15-28(24-10-6-4-7-11-24)25-12-8-5-9-13-25)29-16-17-30-34-31(22-33(39)36(29,30)3)35(2)19-18-27(37)20-26(35)21-32(34)38/h4-13,15,23,26-27,29-34,37-39H,14,16-22H2,1-3H3/t23-,26-,27+,29+,30+,31+,32+,33-,34-,35-,36+/m0/s1. The van der Waals surface area contributed by atoms with Crippen molar-refractivity contribution in [1.82, 2.24) is 0 Å². The molecular weight excluding hydrogens is 480 g/mol. The lowest BCUT2D eigenvalue weighted by Gasteiger charge is -2.63. The van der Waals surface area contributed by atoms with E-state index in [0.29, 0.717) is 29.6 Å². The van der Waals surface area contributed by atoms with Crippen molar-refractivity contribution >= 4 is 5.57 Å². The van der Waals surface area contributed by atoms with Gasteiger partial charge in [0.15, 0.2) is 0 Å². The van der Waals surface area contributed by atoms with E-state index in [1.807, 2.05) is 0 Å². The highest BCUT2D eigenvalue weighted by molar-refractivity contribution is 5.79. The maximum Gasteiger partial charge on any atom is 0.0602 e. The third-order valence-electron chi connectivity index (χ3n) is 12.4. The van der Waals surface area contributed by atoms with Gasteiger partial charge in [0, 0.05) is 0 Å². The van der Waals surface area contributed by atoms with Crippen molar-refractivity contribution in [2.45, 2.75) is 90.4 Å². The predicted octanol–water partition coefficient (Wildman–Crippen LogP) is 7.11. The van der Waals surface area contributed by atoms with E-state index >= 15 is 0 Å². The summed E-state index contributed by atoms with van der Waals surface area (Å²) < 4.78 is 0. The second-order valence-corrected chi connectivity index (χ2v) is 14.1. The number of aliphatic hydroxyl groups is 3. The van der Waals surface area contributed by atoms with Gasteiger partial charge in [-0.2, -0.15) is 0 Å². The SMILES string of the molecule is C[C@@H](CC=C(c1ccccc1)c1ccccc1)[C@H]1CC[C@@H]2[C@@H]3[C@H](O)C[C@@H]4C[C@H](O)CC[C@]4(C)[C@@H]3C[C@H](O)[C@@]21C. The molecule has 3 nitrogen and oxygen atoms in total. The summed E-state index contributed by atoms with van der Waals surface area (Å²) in [4.78, 5) is 0. The molecule has 0 saturated heterocycles. The summed E-state index contributed by atoms with van der Waals surface area (Å²) in [5, 5.41) is 33.9. The van der Waals surface area contributed by atoms with E-state index in [2.05, 4.69) is 87.5 Å². The molecule has 4 aliphatic rings. The molecule has 0 aromatic heterocycles. The fraction of sp³-hybridized carbons (Fsp3) is 0.611. The van der Waals surface area contributed by atoms with Crippen LogP contribution in [0.2, 0.25) is 0 Å². The van der Waals surface area contributed by atoms with E-state index in [-0.39, 0.29) is 35.1 Å². The highest BCUT2D eigenvalue weighted by atomic mass is 16.3. The molecular formula is C36H48O3. The third kappa shape index (κ3) is 4.53. The average molecular weight is 529 g/mol. The minimum Gasteiger partial charge on any atom is -0.393 e. The van der Waals surface area contributed by atoms with Crippen molar-refractivity contribution in [1.29, 1.82) is 0 Å². The van der Waals surface area contributed by atoms with Crippen LogP contribution in [0, 0.1) is 46.3 Å².